The highest BCUT2D eigenvalue weighted by Crippen LogP contribution is 1.33. The van der Waals surface area contributed by atoms with Gasteiger partial charge in [0.15, 0.2) is 0 Å². The van der Waals surface area contributed by atoms with Gasteiger partial charge in [0.2, 0.25) is 0 Å². The van der Waals surface area contributed by atoms with Gasteiger partial charge in [-0.05, 0) is 0 Å². The Bertz CT molecular complexity index is 26.9. The van der Waals surface area contributed by atoms with E-state index in [1.165, 1.54) is 0 Å². The molecule has 0 rings (SSSR count). The fourth-order valence-corrected chi connectivity index (χ4v) is 0. The van der Waals surface area contributed by atoms with Gasteiger partial charge < -0.3 is 28.1 Å². The molecule has 6 heteroatoms. The Morgan fingerprint density at radius 3 is 1.43 bits per heavy atom. The van der Waals surface area contributed by atoms with E-state index in [1.807, 2.05) is 0 Å². The van der Waals surface area contributed by atoms with Crippen LogP contribution in [0.4, 0.5) is 0 Å². The molecule has 0 aliphatic heterocycles. The summed E-state index contributed by atoms with van der Waals surface area (Å²) >= 11 is 0. The van der Waals surface area contributed by atoms with E-state index in [-0.39, 0.29) is 18.7 Å². The van der Waals surface area contributed by atoms with E-state index in [2.05, 4.69) is 5.73 Å². The maximum absolute atomic E-state index is 9.22. The highest BCUT2D eigenvalue weighted by molar-refractivity contribution is 6.37. The van der Waals surface area contributed by atoms with Gasteiger partial charge in [0.25, 0.3) is 0 Å². The molecule has 0 saturated carbocycles. The monoisotopic (exact) mass is 109 g/mol. The number of quaternary nitrogens is 2. The van der Waals surface area contributed by atoms with Gasteiger partial charge in [0.05, 0.1) is 0 Å². The molecule has 0 heterocycles. The Balaban J connectivity index is -0.0000000800. The molecular formula is CH12BN3O2. The predicted octanol–water partition coefficient (Wildman–Crippen LogP) is -2.55. The van der Waals surface area contributed by atoms with Crippen molar-refractivity contribution in [2.24, 2.45) is 5.73 Å². The van der Waals surface area contributed by atoms with Crippen LogP contribution in [0.25, 0.3) is 0 Å². The standard InChI is InChI=1S/CH4BNO2.2H3N/c3-1-2(4)5;;/h1,3H2;2*1H3/q-2;;/p+2. The number of hydrogen-bond donors (Lipinski definition) is 3. The van der Waals surface area contributed by atoms with E-state index >= 15 is 0 Å². The molecule has 0 aromatic carbocycles. The molecule has 0 bridgehead atoms. The van der Waals surface area contributed by atoms with Crippen molar-refractivity contribution in [2.75, 3.05) is 6.44 Å². The average molecular weight is 109 g/mol. The Morgan fingerprint density at radius 2 is 1.43 bits per heavy atom. The summed E-state index contributed by atoms with van der Waals surface area (Å²) < 4.78 is 0. The first kappa shape index (κ1) is 15.8. The minimum absolute atomic E-state index is 0. The highest BCUT2D eigenvalue weighted by atomic mass is 16.4. The second kappa shape index (κ2) is 9.29. The fourth-order valence-electron chi connectivity index (χ4n) is 0. The van der Waals surface area contributed by atoms with Crippen LogP contribution in [-0.4, -0.2) is 13.6 Å². The van der Waals surface area contributed by atoms with Crippen LogP contribution in [0.5, 0.6) is 0 Å². The van der Waals surface area contributed by atoms with Crippen molar-refractivity contribution in [2.45, 2.75) is 0 Å². The molecule has 0 amide bonds. The fraction of sp³-hybridized carbons (Fsp3) is 1.00. The Morgan fingerprint density at radius 1 is 1.29 bits per heavy atom. The van der Waals surface area contributed by atoms with Crippen LogP contribution in [0.2, 0.25) is 0 Å². The predicted molar refractivity (Wildman–Crippen MR) is 26.8 cm³/mol. The summed E-state index contributed by atoms with van der Waals surface area (Å²) in [5.74, 6) is 0. The van der Waals surface area contributed by atoms with Gasteiger partial charge in [-0.1, -0.05) is 13.6 Å². The Labute approximate surface area is 42.8 Å². The smallest absolute Gasteiger partial charge is 0.0718 e. The van der Waals surface area contributed by atoms with Gasteiger partial charge in [-0.25, -0.2) is 0 Å². The van der Waals surface area contributed by atoms with Crippen LogP contribution in [-0.2, 0) is 0 Å². The van der Waals surface area contributed by atoms with E-state index < -0.39 is 7.12 Å². The largest absolute Gasteiger partial charge is 0.892 e. The minimum Gasteiger partial charge on any atom is -0.892 e. The second-order valence-electron chi connectivity index (χ2n) is 0.665. The zero-order chi connectivity index (χ0) is 4.28. The van der Waals surface area contributed by atoms with Gasteiger partial charge in [-0.2, -0.15) is 0 Å². The Hall–Kier alpha value is -0.135. The molecule has 0 saturated heterocycles. The first-order valence-corrected chi connectivity index (χ1v) is 1.29. The zero-order valence-corrected chi connectivity index (χ0v) is 4.68. The number of rotatable bonds is 1. The molecule has 0 aromatic heterocycles. The van der Waals surface area contributed by atoms with Crippen molar-refractivity contribution < 1.29 is 10.0 Å². The molecular weight excluding hydrogens is 96.8 g/mol. The summed E-state index contributed by atoms with van der Waals surface area (Å²) in [7, 11) is -1.84. The van der Waals surface area contributed by atoms with Crippen LogP contribution < -0.4 is 28.1 Å². The third-order valence-corrected chi connectivity index (χ3v) is 0.192. The topological polar surface area (TPSA) is 145 Å². The maximum atomic E-state index is 9.22. The summed E-state index contributed by atoms with van der Waals surface area (Å²) in [6.45, 7) is 0. The lowest BCUT2D eigenvalue weighted by atomic mass is 9.94. The summed E-state index contributed by atoms with van der Waals surface area (Å²) in [5.41, 5.74) is 4.55. The molecule has 0 aliphatic carbocycles. The van der Waals surface area contributed by atoms with Crippen LogP contribution in [0.3, 0.4) is 0 Å². The van der Waals surface area contributed by atoms with E-state index in [0.29, 0.717) is 0 Å². The average Bonchev–Trinajstić information content (AvgIpc) is 1.38. The molecule has 0 aromatic rings. The third kappa shape index (κ3) is 25.2. The summed E-state index contributed by atoms with van der Waals surface area (Å²) in [5, 5.41) is 18.4. The minimum atomic E-state index is -1.84. The number of hydrogen-bond acceptors (Lipinski definition) is 3. The first-order valence-electron chi connectivity index (χ1n) is 1.29. The van der Waals surface area contributed by atoms with Crippen LogP contribution >= 0.6 is 0 Å². The van der Waals surface area contributed by atoms with Crippen molar-refractivity contribution in [3.8, 4) is 0 Å². The van der Waals surface area contributed by atoms with Crippen molar-refractivity contribution in [3.63, 3.8) is 0 Å². The molecule has 10 N–H and O–H groups in total. The van der Waals surface area contributed by atoms with E-state index in [0.717, 1.165) is 0 Å². The second-order valence-corrected chi connectivity index (χ2v) is 0.665. The molecule has 5 nitrogen and oxygen atoms in total. The Kier molecular flexibility index (Phi) is 21.0. The molecule has 0 fully saturated rings. The maximum Gasteiger partial charge on any atom is -0.0718 e. The summed E-state index contributed by atoms with van der Waals surface area (Å²) in [4.78, 5) is 0. The highest BCUT2D eigenvalue weighted by Gasteiger charge is 1.59. The van der Waals surface area contributed by atoms with Gasteiger partial charge in [0.1, 0.15) is 0 Å². The van der Waals surface area contributed by atoms with Gasteiger partial charge >= 0.3 is 0 Å². The van der Waals surface area contributed by atoms with Crippen LogP contribution in [0.1, 0.15) is 0 Å². The molecule has 0 radical (unpaired) electrons. The van der Waals surface area contributed by atoms with E-state index in [4.69, 9.17) is 0 Å². The lowest BCUT2D eigenvalue weighted by molar-refractivity contribution is -0.348. The van der Waals surface area contributed by atoms with E-state index in [9.17, 15) is 10.0 Å². The molecule has 0 aliphatic rings. The molecule has 46 valence electrons. The SMILES string of the molecule is NCB([O-])[O-].[NH4+].[NH4+]. The van der Waals surface area contributed by atoms with Crippen molar-refractivity contribution in [1.29, 1.82) is 0 Å². The third-order valence-electron chi connectivity index (χ3n) is 0.192. The molecule has 7 heavy (non-hydrogen) atoms. The lowest BCUT2D eigenvalue weighted by Crippen LogP contribution is -2.51. The lowest BCUT2D eigenvalue weighted by Gasteiger charge is -2.22. The van der Waals surface area contributed by atoms with Gasteiger partial charge in [-0.15, -0.1) is 0 Å². The quantitative estimate of drug-likeness (QED) is 0.318. The molecule has 0 atom stereocenters. The summed E-state index contributed by atoms with van der Waals surface area (Å²) in [6, 6.07) is 0. The number of nitrogens with two attached hydrogens (primary N) is 1. The molecule has 0 spiro atoms. The summed E-state index contributed by atoms with van der Waals surface area (Å²) in [6.07, 6.45) is -0.306. The van der Waals surface area contributed by atoms with Gasteiger partial charge in [0, 0.05) is 0 Å². The van der Waals surface area contributed by atoms with Crippen molar-refractivity contribution in [3.05, 3.63) is 0 Å². The normalized spacial score (nSPS) is 5.57. The van der Waals surface area contributed by atoms with Crippen molar-refractivity contribution >= 4 is 7.12 Å². The molecule has 0 unspecified atom stereocenters. The first-order chi connectivity index (χ1) is 2.27. The zero-order valence-electron chi connectivity index (χ0n) is 4.68. The van der Waals surface area contributed by atoms with E-state index in [1.54, 1.807) is 0 Å². The van der Waals surface area contributed by atoms with Gasteiger partial charge in [-0.3, -0.25) is 0 Å². The van der Waals surface area contributed by atoms with Crippen LogP contribution in [0, 0.1) is 0 Å². The van der Waals surface area contributed by atoms with Crippen molar-refractivity contribution in [1.82, 2.24) is 12.3 Å². The van der Waals surface area contributed by atoms with Crippen LogP contribution in [0.15, 0.2) is 0 Å².